The van der Waals surface area contributed by atoms with Gasteiger partial charge in [-0.15, -0.1) is 0 Å². The zero-order valence-corrected chi connectivity index (χ0v) is 32.2. The first-order valence-corrected chi connectivity index (χ1v) is 21.1. The van der Waals surface area contributed by atoms with Crippen molar-refractivity contribution >= 4 is 10.8 Å². The molecule has 8 aromatic rings. The minimum absolute atomic E-state index is 0.0489. The van der Waals surface area contributed by atoms with Gasteiger partial charge in [0, 0.05) is 27.7 Å². The Balaban J connectivity index is 0.959. The highest BCUT2D eigenvalue weighted by atomic mass is 16.5. The van der Waals surface area contributed by atoms with Crippen LogP contribution in [0.15, 0.2) is 158 Å². The van der Waals surface area contributed by atoms with Gasteiger partial charge in [0.05, 0.1) is 5.41 Å². The number of aromatic nitrogens is 3. The fourth-order valence-corrected chi connectivity index (χ4v) is 12.5. The Bertz CT molecular complexity index is 2900. The van der Waals surface area contributed by atoms with Crippen LogP contribution in [0.4, 0.5) is 0 Å². The van der Waals surface area contributed by atoms with Crippen LogP contribution in [-0.2, 0) is 10.8 Å². The summed E-state index contributed by atoms with van der Waals surface area (Å²) < 4.78 is 6.58. The standard InChI is InChI=1S/C54H41N3O/c1-2-11-39-29-40(25-20-36(39)10-1)51-55-50(56-52(57-51)53-30-33-26-34(31-53)28-35(27-33)32-53)38-23-21-37(22-24-38)41-13-9-17-46-49(41)42-12-3-4-14-43(42)54(46)44-15-5-7-18-47(44)58-48-19-8-6-16-45(48)54/h1-25,29,33-35H,26-28,30-32H2/t33-,34+,35?,53?. The SMILES string of the molecule is c1ccc2c(c1)Oc1ccccc1C21c2ccccc2-c2c(-c3ccc(-c4nc(-c5ccc6ccccc6c5)nc(C56CC7C[C@H](C5)C[C@@H](C7)C6)n4)cc3)cccc21. The topological polar surface area (TPSA) is 47.9 Å². The molecular weight excluding hydrogens is 707 g/mol. The molecule has 6 aliphatic rings. The van der Waals surface area contributed by atoms with Crippen molar-refractivity contribution in [2.45, 2.75) is 49.4 Å². The highest BCUT2D eigenvalue weighted by Gasteiger charge is 2.54. The minimum atomic E-state index is -0.495. The van der Waals surface area contributed by atoms with Crippen molar-refractivity contribution in [1.29, 1.82) is 0 Å². The quantitative estimate of drug-likeness (QED) is 0.180. The molecule has 14 rings (SSSR count). The summed E-state index contributed by atoms with van der Waals surface area (Å²) in [5.74, 6) is 6.79. The van der Waals surface area contributed by atoms with Gasteiger partial charge in [0.1, 0.15) is 17.3 Å². The number of benzene rings is 7. The molecule has 5 aliphatic carbocycles. The van der Waals surface area contributed by atoms with Gasteiger partial charge < -0.3 is 4.74 Å². The van der Waals surface area contributed by atoms with E-state index >= 15 is 0 Å². The zero-order chi connectivity index (χ0) is 38.0. The van der Waals surface area contributed by atoms with E-state index in [9.17, 15) is 0 Å². The molecular formula is C54H41N3O. The van der Waals surface area contributed by atoms with E-state index in [-0.39, 0.29) is 5.41 Å². The highest BCUT2D eigenvalue weighted by Crippen LogP contribution is 2.64. The second-order valence-corrected chi connectivity index (χ2v) is 17.8. The maximum atomic E-state index is 6.58. The molecule has 0 N–H and O–H groups in total. The lowest BCUT2D eigenvalue weighted by molar-refractivity contribution is -0.00938. The Hall–Kier alpha value is -6.39. The van der Waals surface area contributed by atoms with Crippen LogP contribution in [0.3, 0.4) is 0 Å². The lowest BCUT2D eigenvalue weighted by atomic mass is 9.49. The van der Waals surface area contributed by atoms with Crippen molar-refractivity contribution in [2.75, 3.05) is 0 Å². The average Bonchev–Trinajstić information content (AvgIpc) is 3.56. The summed E-state index contributed by atoms with van der Waals surface area (Å²) >= 11 is 0. The Morgan fingerprint density at radius 2 is 0.966 bits per heavy atom. The molecule has 0 unspecified atom stereocenters. The first-order valence-electron chi connectivity index (χ1n) is 21.1. The van der Waals surface area contributed by atoms with Gasteiger partial charge in [-0.3, -0.25) is 0 Å². The number of para-hydroxylation sites is 2. The normalized spacial score (nSPS) is 22.6. The molecule has 4 heteroatoms. The molecule has 2 heterocycles. The van der Waals surface area contributed by atoms with Gasteiger partial charge in [-0.1, -0.05) is 140 Å². The van der Waals surface area contributed by atoms with Gasteiger partial charge in [0.25, 0.3) is 0 Å². The van der Waals surface area contributed by atoms with Gasteiger partial charge in [-0.25, -0.2) is 15.0 Å². The number of ether oxygens (including phenoxy) is 1. The van der Waals surface area contributed by atoms with E-state index in [0.717, 1.165) is 57.9 Å². The third-order valence-electron chi connectivity index (χ3n) is 14.5. The molecule has 4 fully saturated rings. The highest BCUT2D eigenvalue weighted by molar-refractivity contribution is 5.96. The van der Waals surface area contributed by atoms with Crippen LogP contribution in [0.1, 0.15) is 66.6 Å². The summed E-state index contributed by atoms with van der Waals surface area (Å²) in [5.41, 5.74) is 11.5. The van der Waals surface area contributed by atoms with Gasteiger partial charge in [-0.05, 0) is 119 Å². The Kier molecular flexibility index (Phi) is 6.80. The van der Waals surface area contributed by atoms with Gasteiger partial charge in [0.2, 0.25) is 0 Å². The Morgan fingerprint density at radius 1 is 0.431 bits per heavy atom. The molecule has 1 aliphatic heterocycles. The number of fused-ring (bicyclic) bond motifs is 10. The summed E-state index contributed by atoms with van der Waals surface area (Å²) in [6, 6.07) is 57.1. The third-order valence-corrected chi connectivity index (χ3v) is 14.5. The molecule has 1 spiro atoms. The minimum Gasteiger partial charge on any atom is -0.457 e. The summed E-state index contributed by atoms with van der Waals surface area (Å²) in [4.78, 5) is 16.1. The monoisotopic (exact) mass is 747 g/mol. The van der Waals surface area contributed by atoms with E-state index < -0.39 is 5.41 Å². The number of nitrogens with zero attached hydrogens (tertiary/aromatic N) is 3. The zero-order valence-electron chi connectivity index (χ0n) is 32.2. The molecule has 278 valence electrons. The second kappa shape index (κ2) is 12.1. The van der Waals surface area contributed by atoms with Crippen LogP contribution >= 0.6 is 0 Å². The van der Waals surface area contributed by atoms with E-state index in [1.54, 1.807) is 0 Å². The Morgan fingerprint density at radius 3 is 1.67 bits per heavy atom. The molecule has 4 nitrogen and oxygen atoms in total. The van der Waals surface area contributed by atoms with Crippen molar-refractivity contribution in [3.05, 3.63) is 186 Å². The molecule has 7 aromatic carbocycles. The van der Waals surface area contributed by atoms with Crippen LogP contribution in [0.25, 0.3) is 55.8 Å². The van der Waals surface area contributed by atoms with E-state index in [1.165, 1.54) is 93.8 Å². The van der Waals surface area contributed by atoms with E-state index in [0.29, 0.717) is 0 Å². The van der Waals surface area contributed by atoms with Crippen LogP contribution in [0.5, 0.6) is 11.5 Å². The van der Waals surface area contributed by atoms with Gasteiger partial charge >= 0.3 is 0 Å². The van der Waals surface area contributed by atoms with Crippen molar-refractivity contribution in [3.8, 4) is 56.5 Å². The number of rotatable bonds is 4. The molecule has 0 atom stereocenters. The molecule has 1 aromatic heterocycles. The van der Waals surface area contributed by atoms with Gasteiger partial charge in [-0.2, -0.15) is 0 Å². The first-order chi connectivity index (χ1) is 28.6. The predicted molar refractivity (Wildman–Crippen MR) is 231 cm³/mol. The maximum Gasteiger partial charge on any atom is 0.163 e. The Labute approximate surface area is 338 Å². The summed E-state index contributed by atoms with van der Waals surface area (Å²) in [7, 11) is 0. The van der Waals surface area contributed by atoms with Gasteiger partial charge in [0.15, 0.2) is 11.6 Å². The van der Waals surface area contributed by atoms with E-state index in [1.807, 2.05) is 0 Å². The van der Waals surface area contributed by atoms with Crippen molar-refractivity contribution < 1.29 is 4.74 Å². The molecule has 0 saturated heterocycles. The fraction of sp³-hybridized carbons (Fsp3) is 0.204. The smallest absolute Gasteiger partial charge is 0.163 e. The summed E-state index contributed by atoms with van der Waals surface area (Å²) in [5, 5.41) is 2.43. The largest absolute Gasteiger partial charge is 0.457 e. The van der Waals surface area contributed by atoms with Crippen LogP contribution in [-0.4, -0.2) is 15.0 Å². The van der Waals surface area contributed by atoms with E-state index in [2.05, 4.69) is 158 Å². The van der Waals surface area contributed by atoms with Crippen LogP contribution in [0, 0.1) is 17.8 Å². The van der Waals surface area contributed by atoms with Crippen molar-refractivity contribution in [3.63, 3.8) is 0 Å². The molecule has 4 saturated carbocycles. The fourth-order valence-electron chi connectivity index (χ4n) is 12.5. The van der Waals surface area contributed by atoms with Crippen molar-refractivity contribution in [2.24, 2.45) is 17.8 Å². The van der Waals surface area contributed by atoms with Crippen LogP contribution in [0.2, 0.25) is 0 Å². The lowest BCUT2D eigenvalue weighted by Gasteiger charge is -2.56. The number of hydrogen-bond donors (Lipinski definition) is 0. The van der Waals surface area contributed by atoms with Crippen LogP contribution < -0.4 is 4.74 Å². The molecule has 0 radical (unpaired) electrons. The maximum absolute atomic E-state index is 6.58. The molecule has 4 bridgehead atoms. The predicted octanol–water partition coefficient (Wildman–Crippen LogP) is 13.0. The second-order valence-electron chi connectivity index (χ2n) is 17.8. The van der Waals surface area contributed by atoms with E-state index in [4.69, 9.17) is 19.7 Å². The lowest BCUT2D eigenvalue weighted by Crippen LogP contribution is -2.49. The molecule has 58 heavy (non-hydrogen) atoms. The molecule has 0 amide bonds. The summed E-state index contributed by atoms with van der Waals surface area (Å²) in [6.07, 6.45) is 7.79. The average molecular weight is 748 g/mol. The first kappa shape index (κ1) is 32.7. The number of hydrogen-bond acceptors (Lipinski definition) is 4. The van der Waals surface area contributed by atoms with Crippen molar-refractivity contribution in [1.82, 2.24) is 15.0 Å². The third kappa shape index (κ3) is 4.60. The summed E-state index contributed by atoms with van der Waals surface area (Å²) in [6.45, 7) is 0.